The number of nitrogens with zero attached hydrogens (tertiary/aromatic N) is 2. The van der Waals surface area contributed by atoms with Crippen molar-refractivity contribution < 1.29 is 14.5 Å². The molecule has 0 aliphatic carbocycles. The molecule has 0 saturated carbocycles. The third-order valence-electron chi connectivity index (χ3n) is 3.23. The molecule has 7 heteroatoms. The first-order valence-corrected chi connectivity index (χ1v) is 6.89. The number of amides is 1. The van der Waals surface area contributed by atoms with Crippen molar-refractivity contribution in [1.82, 2.24) is 4.90 Å². The SMILES string of the molecule is COC(=O)N(C)Cc1ccc(Nc2ccc([N+](=O)[O-])cc2)cc1. The number of hydrogen-bond acceptors (Lipinski definition) is 5. The lowest BCUT2D eigenvalue weighted by atomic mass is 10.2. The molecule has 23 heavy (non-hydrogen) atoms. The number of carbonyl (C=O) groups is 1. The first kappa shape index (κ1) is 16.3. The number of nitro groups is 1. The van der Waals surface area contributed by atoms with E-state index in [2.05, 4.69) is 10.1 Å². The Labute approximate surface area is 133 Å². The first-order valence-electron chi connectivity index (χ1n) is 6.89. The third-order valence-corrected chi connectivity index (χ3v) is 3.23. The quantitative estimate of drug-likeness (QED) is 0.674. The van der Waals surface area contributed by atoms with Crippen LogP contribution in [0.2, 0.25) is 0 Å². The molecule has 0 unspecified atom stereocenters. The molecule has 0 radical (unpaired) electrons. The maximum absolute atomic E-state index is 11.3. The van der Waals surface area contributed by atoms with Crippen LogP contribution < -0.4 is 5.32 Å². The molecular formula is C16H17N3O4. The van der Waals surface area contributed by atoms with Gasteiger partial charge < -0.3 is 15.0 Å². The van der Waals surface area contributed by atoms with Crippen LogP contribution in [0.5, 0.6) is 0 Å². The van der Waals surface area contributed by atoms with Gasteiger partial charge >= 0.3 is 6.09 Å². The van der Waals surface area contributed by atoms with Crippen molar-refractivity contribution >= 4 is 23.2 Å². The molecule has 0 atom stereocenters. The predicted molar refractivity (Wildman–Crippen MR) is 86.7 cm³/mol. The second kappa shape index (κ2) is 7.26. The Morgan fingerprint density at radius 1 is 1.13 bits per heavy atom. The fraction of sp³-hybridized carbons (Fsp3) is 0.188. The fourth-order valence-corrected chi connectivity index (χ4v) is 2.02. The van der Waals surface area contributed by atoms with Crippen LogP contribution in [0.1, 0.15) is 5.56 Å². The minimum absolute atomic E-state index is 0.0525. The van der Waals surface area contributed by atoms with Crippen LogP contribution in [0.15, 0.2) is 48.5 Å². The fourth-order valence-electron chi connectivity index (χ4n) is 2.02. The molecule has 0 bridgehead atoms. The van der Waals surface area contributed by atoms with Crippen molar-refractivity contribution in [3.63, 3.8) is 0 Å². The van der Waals surface area contributed by atoms with Crippen molar-refractivity contribution in [2.24, 2.45) is 0 Å². The highest BCUT2D eigenvalue weighted by atomic mass is 16.6. The van der Waals surface area contributed by atoms with E-state index in [0.717, 1.165) is 16.9 Å². The van der Waals surface area contributed by atoms with Gasteiger partial charge in [-0.05, 0) is 29.8 Å². The summed E-state index contributed by atoms with van der Waals surface area (Å²) in [4.78, 5) is 23.0. The van der Waals surface area contributed by atoms with Crippen LogP contribution in [0, 0.1) is 10.1 Å². The zero-order chi connectivity index (χ0) is 16.8. The Bertz CT molecular complexity index is 683. The average Bonchev–Trinajstić information content (AvgIpc) is 2.56. The van der Waals surface area contributed by atoms with E-state index in [1.165, 1.54) is 24.1 Å². The molecule has 0 heterocycles. The molecule has 0 aliphatic heterocycles. The monoisotopic (exact) mass is 315 g/mol. The van der Waals surface area contributed by atoms with E-state index < -0.39 is 11.0 Å². The number of non-ortho nitro benzene ring substituents is 1. The summed E-state index contributed by atoms with van der Waals surface area (Å²) in [5, 5.41) is 13.8. The van der Waals surface area contributed by atoms with Crippen LogP contribution in [-0.4, -0.2) is 30.1 Å². The minimum Gasteiger partial charge on any atom is -0.453 e. The zero-order valence-electron chi connectivity index (χ0n) is 12.9. The van der Waals surface area contributed by atoms with E-state index >= 15 is 0 Å². The van der Waals surface area contributed by atoms with Gasteiger partial charge in [0.15, 0.2) is 0 Å². The number of nitrogens with one attached hydrogen (secondary N) is 1. The molecule has 120 valence electrons. The number of carbonyl (C=O) groups excluding carboxylic acids is 1. The standard InChI is InChI=1S/C16H17N3O4/c1-18(16(20)23-2)11-12-3-5-13(6-4-12)17-14-7-9-15(10-8-14)19(21)22/h3-10,17H,11H2,1-2H3. The molecule has 2 aromatic carbocycles. The smallest absolute Gasteiger partial charge is 0.409 e. The summed E-state index contributed by atoms with van der Waals surface area (Å²) in [5.41, 5.74) is 2.63. The second-order valence-electron chi connectivity index (χ2n) is 4.95. The summed E-state index contributed by atoms with van der Waals surface area (Å²) >= 11 is 0. The highest BCUT2D eigenvalue weighted by Crippen LogP contribution is 2.20. The topological polar surface area (TPSA) is 84.7 Å². The molecule has 0 fully saturated rings. The van der Waals surface area contributed by atoms with E-state index in [9.17, 15) is 14.9 Å². The van der Waals surface area contributed by atoms with Crippen LogP contribution in [0.3, 0.4) is 0 Å². The van der Waals surface area contributed by atoms with Gasteiger partial charge in [0.2, 0.25) is 0 Å². The Morgan fingerprint density at radius 3 is 2.13 bits per heavy atom. The van der Waals surface area contributed by atoms with Crippen LogP contribution in [-0.2, 0) is 11.3 Å². The lowest BCUT2D eigenvalue weighted by Gasteiger charge is -2.15. The van der Waals surface area contributed by atoms with Crippen LogP contribution in [0.4, 0.5) is 21.9 Å². The summed E-state index contributed by atoms with van der Waals surface area (Å²) in [6.07, 6.45) is -0.391. The summed E-state index contributed by atoms with van der Waals surface area (Å²) < 4.78 is 4.64. The van der Waals surface area contributed by atoms with Gasteiger partial charge in [0.05, 0.1) is 12.0 Å². The Balaban J connectivity index is 1.99. The van der Waals surface area contributed by atoms with E-state index in [4.69, 9.17) is 0 Å². The van der Waals surface area contributed by atoms with Crippen molar-refractivity contribution in [2.45, 2.75) is 6.54 Å². The molecule has 0 aliphatic rings. The van der Waals surface area contributed by atoms with Gasteiger partial charge in [-0.3, -0.25) is 10.1 Å². The zero-order valence-corrected chi connectivity index (χ0v) is 12.9. The lowest BCUT2D eigenvalue weighted by Crippen LogP contribution is -2.25. The van der Waals surface area contributed by atoms with Crippen molar-refractivity contribution in [2.75, 3.05) is 19.5 Å². The van der Waals surface area contributed by atoms with E-state index in [1.807, 2.05) is 24.3 Å². The van der Waals surface area contributed by atoms with E-state index in [-0.39, 0.29) is 5.69 Å². The number of nitro benzene ring substituents is 1. The average molecular weight is 315 g/mol. The molecule has 2 aromatic rings. The molecule has 0 saturated heterocycles. The van der Waals surface area contributed by atoms with Crippen molar-refractivity contribution in [1.29, 1.82) is 0 Å². The highest BCUT2D eigenvalue weighted by molar-refractivity contribution is 5.67. The Hall–Kier alpha value is -3.09. The molecule has 0 aromatic heterocycles. The Morgan fingerprint density at radius 2 is 1.65 bits per heavy atom. The van der Waals surface area contributed by atoms with Gasteiger partial charge in [0, 0.05) is 37.1 Å². The van der Waals surface area contributed by atoms with Crippen molar-refractivity contribution in [3.8, 4) is 0 Å². The third kappa shape index (κ3) is 4.44. The second-order valence-corrected chi connectivity index (χ2v) is 4.95. The number of hydrogen-bond donors (Lipinski definition) is 1. The Kier molecular flexibility index (Phi) is 5.14. The van der Waals surface area contributed by atoms with Gasteiger partial charge in [-0.15, -0.1) is 0 Å². The van der Waals surface area contributed by atoms with Crippen LogP contribution in [0.25, 0.3) is 0 Å². The molecular weight excluding hydrogens is 298 g/mol. The number of anilines is 2. The number of ether oxygens (including phenoxy) is 1. The lowest BCUT2D eigenvalue weighted by molar-refractivity contribution is -0.384. The summed E-state index contributed by atoms with van der Waals surface area (Å²) in [7, 11) is 3.00. The molecule has 0 spiro atoms. The predicted octanol–water partition coefficient (Wildman–Crippen LogP) is 3.54. The first-order chi connectivity index (χ1) is 11.0. The largest absolute Gasteiger partial charge is 0.453 e. The molecule has 1 N–H and O–H groups in total. The van der Waals surface area contributed by atoms with Gasteiger partial charge in [0.1, 0.15) is 0 Å². The minimum atomic E-state index is -0.434. The maximum Gasteiger partial charge on any atom is 0.409 e. The normalized spacial score (nSPS) is 10.0. The number of benzene rings is 2. The summed E-state index contributed by atoms with van der Waals surface area (Å²) in [6, 6.07) is 13.7. The van der Waals surface area contributed by atoms with Gasteiger partial charge in [-0.2, -0.15) is 0 Å². The molecule has 2 rings (SSSR count). The number of rotatable bonds is 5. The van der Waals surface area contributed by atoms with E-state index in [1.54, 1.807) is 19.2 Å². The summed E-state index contributed by atoms with van der Waals surface area (Å²) in [5.74, 6) is 0. The number of methoxy groups -OCH3 is 1. The molecule has 1 amide bonds. The highest BCUT2D eigenvalue weighted by Gasteiger charge is 2.08. The summed E-state index contributed by atoms with van der Waals surface area (Å²) in [6.45, 7) is 0.449. The van der Waals surface area contributed by atoms with E-state index in [0.29, 0.717) is 6.54 Å². The maximum atomic E-state index is 11.3. The van der Waals surface area contributed by atoms with Crippen molar-refractivity contribution in [3.05, 3.63) is 64.2 Å². The van der Waals surface area contributed by atoms with Gasteiger partial charge in [0.25, 0.3) is 5.69 Å². The van der Waals surface area contributed by atoms with Gasteiger partial charge in [-0.25, -0.2) is 4.79 Å². The van der Waals surface area contributed by atoms with Gasteiger partial charge in [-0.1, -0.05) is 12.1 Å². The molecule has 7 nitrogen and oxygen atoms in total. The van der Waals surface area contributed by atoms with Crippen LogP contribution >= 0.6 is 0 Å².